The number of aryl methyl sites for hydroxylation is 3. The molecule has 0 aliphatic heterocycles. The van der Waals surface area contributed by atoms with Gasteiger partial charge in [0.2, 0.25) is 0 Å². The molecule has 0 atom stereocenters. The van der Waals surface area contributed by atoms with Gasteiger partial charge >= 0.3 is 0 Å². The Morgan fingerprint density at radius 1 is 1.18 bits per heavy atom. The number of rotatable bonds is 3. The number of pyridine rings is 1. The Kier molecular flexibility index (Phi) is 3.32. The van der Waals surface area contributed by atoms with Gasteiger partial charge in [-0.1, -0.05) is 6.07 Å². The molecule has 17 heavy (non-hydrogen) atoms. The van der Waals surface area contributed by atoms with Gasteiger partial charge in [-0.2, -0.15) is 0 Å². The number of hydrogen-bond acceptors (Lipinski definition) is 4. The van der Waals surface area contributed by atoms with Gasteiger partial charge < -0.3 is 5.32 Å². The van der Waals surface area contributed by atoms with E-state index in [-0.39, 0.29) is 0 Å². The SMILES string of the molecule is Cc1cc(NCc2ncccc2C)nc(C)n1. The molecule has 0 aliphatic rings. The van der Waals surface area contributed by atoms with E-state index in [0.29, 0.717) is 6.54 Å². The summed E-state index contributed by atoms with van der Waals surface area (Å²) in [5.41, 5.74) is 3.20. The van der Waals surface area contributed by atoms with Crippen LogP contribution in [0.4, 0.5) is 5.82 Å². The van der Waals surface area contributed by atoms with E-state index in [4.69, 9.17) is 0 Å². The summed E-state index contributed by atoms with van der Waals surface area (Å²) in [6.45, 7) is 6.60. The first-order valence-electron chi connectivity index (χ1n) is 5.62. The molecule has 0 aromatic carbocycles. The zero-order valence-electron chi connectivity index (χ0n) is 10.4. The fourth-order valence-corrected chi connectivity index (χ4v) is 1.69. The van der Waals surface area contributed by atoms with E-state index in [2.05, 4.69) is 33.3 Å². The average Bonchev–Trinajstić information content (AvgIpc) is 2.27. The van der Waals surface area contributed by atoms with Crippen LogP contribution in [-0.2, 0) is 6.54 Å². The molecule has 88 valence electrons. The molecule has 0 fully saturated rings. The van der Waals surface area contributed by atoms with E-state index in [1.165, 1.54) is 5.56 Å². The number of aromatic nitrogens is 3. The lowest BCUT2D eigenvalue weighted by Crippen LogP contribution is -2.06. The molecule has 0 saturated carbocycles. The van der Waals surface area contributed by atoms with Crippen LogP contribution in [0.15, 0.2) is 24.4 Å². The van der Waals surface area contributed by atoms with Crippen LogP contribution in [0.5, 0.6) is 0 Å². The van der Waals surface area contributed by atoms with Gasteiger partial charge in [-0.05, 0) is 32.4 Å². The van der Waals surface area contributed by atoms with Gasteiger partial charge in [-0.15, -0.1) is 0 Å². The summed E-state index contributed by atoms with van der Waals surface area (Å²) < 4.78 is 0. The molecular formula is C13H16N4. The minimum atomic E-state index is 0.683. The predicted octanol–water partition coefficient (Wildman–Crippen LogP) is 2.41. The van der Waals surface area contributed by atoms with Gasteiger partial charge in [0.25, 0.3) is 0 Å². The summed E-state index contributed by atoms with van der Waals surface area (Å²) in [5, 5.41) is 3.27. The molecule has 2 heterocycles. The highest BCUT2D eigenvalue weighted by Gasteiger charge is 2.01. The van der Waals surface area contributed by atoms with Crippen molar-refractivity contribution in [2.75, 3.05) is 5.32 Å². The van der Waals surface area contributed by atoms with Crippen molar-refractivity contribution in [1.29, 1.82) is 0 Å². The molecular weight excluding hydrogens is 212 g/mol. The van der Waals surface area contributed by atoms with Gasteiger partial charge in [0, 0.05) is 18.0 Å². The second-order valence-electron chi connectivity index (χ2n) is 4.06. The smallest absolute Gasteiger partial charge is 0.130 e. The number of anilines is 1. The maximum atomic E-state index is 4.33. The quantitative estimate of drug-likeness (QED) is 0.876. The second-order valence-corrected chi connectivity index (χ2v) is 4.06. The summed E-state index contributed by atoms with van der Waals surface area (Å²) in [6.07, 6.45) is 1.81. The number of hydrogen-bond donors (Lipinski definition) is 1. The Bertz CT molecular complexity index is 502. The van der Waals surface area contributed by atoms with Crippen molar-refractivity contribution in [3.8, 4) is 0 Å². The van der Waals surface area contributed by atoms with Crippen LogP contribution in [-0.4, -0.2) is 15.0 Å². The van der Waals surface area contributed by atoms with Gasteiger partial charge in [-0.3, -0.25) is 4.98 Å². The Morgan fingerprint density at radius 2 is 2.00 bits per heavy atom. The molecule has 0 saturated heterocycles. The highest BCUT2D eigenvalue weighted by atomic mass is 15.0. The molecule has 0 unspecified atom stereocenters. The minimum absolute atomic E-state index is 0.683. The molecule has 2 aromatic heterocycles. The molecule has 0 spiro atoms. The highest BCUT2D eigenvalue weighted by Crippen LogP contribution is 2.09. The zero-order chi connectivity index (χ0) is 12.3. The van der Waals surface area contributed by atoms with Crippen LogP contribution in [0.2, 0.25) is 0 Å². The van der Waals surface area contributed by atoms with Gasteiger partial charge in [0.05, 0.1) is 12.2 Å². The van der Waals surface area contributed by atoms with E-state index in [9.17, 15) is 0 Å². The molecule has 0 radical (unpaired) electrons. The van der Waals surface area contributed by atoms with E-state index >= 15 is 0 Å². The summed E-state index contributed by atoms with van der Waals surface area (Å²) in [7, 11) is 0. The second kappa shape index (κ2) is 4.91. The molecule has 0 bridgehead atoms. The van der Waals surface area contributed by atoms with Crippen molar-refractivity contribution in [1.82, 2.24) is 15.0 Å². The Labute approximate surface area is 101 Å². The maximum Gasteiger partial charge on any atom is 0.130 e. The van der Waals surface area contributed by atoms with Gasteiger partial charge in [-0.25, -0.2) is 9.97 Å². The van der Waals surface area contributed by atoms with Crippen molar-refractivity contribution in [3.05, 3.63) is 47.2 Å². The van der Waals surface area contributed by atoms with Crippen molar-refractivity contribution in [2.45, 2.75) is 27.3 Å². The molecule has 4 nitrogen and oxygen atoms in total. The monoisotopic (exact) mass is 228 g/mol. The normalized spacial score (nSPS) is 10.3. The molecule has 0 amide bonds. The molecule has 0 aliphatic carbocycles. The molecule has 4 heteroatoms. The standard InChI is InChI=1S/C13H16N4/c1-9-5-4-6-14-12(9)8-15-13-7-10(2)16-11(3)17-13/h4-7H,8H2,1-3H3,(H,15,16,17). The predicted molar refractivity (Wildman–Crippen MR) is 67.8 cm³/mol. The third-order valence-electron chi connectivity index (χ3n) is 2.52. The average molecular weight is 228 g/mol. The third kappa shape index (κ3) is 3.00. The fourth-order valence-electron chi connectivity index (χ4n) is 1.69. The van der Waals surface area contributed by atoms with E-state index in [1.807, 2.05) is 26.0 Å². The Hall–Kier alpha value is -1.97. The van der Waals surface area contributed by atoms with Gasteiger partial charge in [0.1, 0.15) is 11.6 Å². The first-order chi connectivity index (χ1) is 8.15. The molecule has 1 N–H and O–H groups in total. The third-order valence-corrected chi connectivity index (χ3v) is 2.52. The lowest BCUT2D eigenvalue weighted by Gasteiger charge is -2.08. The van der Waals surface area contributed by atoms with Crippen molar-refractivity contribution >= 4 is 5.82 Å². The van der Waals surface area contributed by atoms with Crippen LogP contribution in [0.1, 0.15) is 22.8 Å². The van der Waals surface area contributed by atoms with Crippen LogP contribution >= 0.6 is 0 Å². The number of nitrogens with one attached hydrogen (secondary N) is 1. The van der Waals surface area contributed by atoms with E-state index in [1.54, 1.807) is 6.20 Å². The number of nitrogens with zero attached hydrogens (tertiary/aromatic N) is 3. The van der Waals surface area contributed by atoms with Crippen LogP contribution in [0, 0.1) is 20.8 Å². The summed E-state index contributed by atoms with van der Waals surface area (Å²) >= 11 is 0. The minimum Gasteiger partial charge on any atom is -0.364 e. The largest absolute Gasteiger partial charge is 0.364 e. The zero-order valence-corrected chi connectivity index (χ0v) is 10.4. The first kappa shape index (κ1) is 11.5. The summed E-state index contributed by atoms with van der Waals surface area (Å²) in [6, 6.07) is 5.93. The van der Waals surface area contributed by atoms with Crippen LogP contribution in [0.25, 0.3) is 0 Å². The highest BCUT2D eigenvalue weighted by molar-refractivity contribution is 5.36. The molecule has 2 rings (SSSR count). The maximum absolute atomic E-state index is 4.33. The lowest BCUT2D eigenvalue weighted by atomic mass is 10.2. The summed E-state index contributed by atoms with van der Waals surface area (Å²) in [4.78, 5) is 12.9. The van der Waals surface area contributed by atoms with Gasteiger partial charge in [0.15, 0.2) is 0 Å². The first-order valence-corrected chi connectivity index (χ1v) is 5.62. The van der Waals surface area contributed by atoms with E-state index in [0.717, 1.165) is 23.0 Å². The Balaban J connectivity index is 2.10. The fraction of sp³-hybridized carbons (Fsp3) is 0.308. The topological polar surface area (TPSA) is 50.7 Å². The lowest BCUT2D eigenvalue weighted by molar-refractivity contribution is 0.966. The van der Waals surface area contributed by atoms with Crippen molar-refractivity contribution in [3.63, 3.8) is 0 Å². The molecule has 2 aromatic rings. The summed E-state index contributed by atoms with van der Waals surface area (Å²) in [5.74, 6) is 1.63. The van der Waals surface area contributed by atoms with Crippen molar-refractivity contribution < 1.29 is 0 Å². The van der Waals surface area contributed by atoms with Crippen LogP contribution in [0.3, 0.4) is 0 Å². The van der Waals surface area contributed by atoms with E-state index < -0.39 is 0 Å². The van der Waals surface area contributed by atoms with Crippen molar-refractivity contribution in [2.24, 2.45) is 0 Å². The van der Waals surface area contributed by atoms with Crippen LogP contribution < -0.4 is 5.32 Å². The Morgan fingerprint density at radius 3 is 2.71 bits per heavy atom.